The molecule has 0 fully saturated rings. The molecule has 1 amide bonds. The van der Waals surface area contributed by atoms with Crippen LogP contribution in [0.5, 0.6) is 0 Å². The number of furan rings is 1. The number of hydrazone groups is 1. The van der Waals surface area contributed by atoms with Crippen molar-refractivity contribution in [3.63, 3.8) is 0 Å². The molecule has 26 heavy (non-hydrogen) atoms. The van der Waals surface area contributed by atoms with Crippen molar-refractivity contribution < 1.29 is 19.1 Å². The number of carboxylic acid groups (broad SMARTS) is 1. The number of carbonyl (C=O) groups is 2. The summed E-state index contributed by atoms with van der Waals surface area (Å²) in [5.74, 6) is -0.612. The Bertz CT molecular complexity index is 994. The predicted molar refractivity (Wildman–Crippen MR) is 100 cm³/mol. The average Bonchev–Trinajstić information content (AvgIpc) is 3.10. The van der Waals surface area contributed by atoms with Crippen LogP contribution in [0.25, 0.3) is 11.3 Å². The summed E-state index contributed by atoms with van der Waals surface area (Å²) >= 11 is 3.30. The van der Waals surface area contributed by atoms with Gasteiger partial charge in [-0.25, -0.2) is 10.2 Å². The van der Waals surface area contributed by atoms with Crippen LogP contribution in [0.1, 0.15) is 26.5 Å². The standard InChI is InChI=1S/C19H13BrN2O4/c20-16-8-4-3-7-15(16)18(23)22-21-11-12-9-10-17(26-12)13-5-1-2-6-14(13)19(24)25/h1-11H,(H,22,23)(H,24,25)/b21-11+. The lowest BCUT2D eigenvalue weighted by Crippen LogP contribution is -2.17. The Morgan fingerprint density at radius 1 is 1.00 bits per heavy atom. The van der Waals surface area contributed by atoms with E-state index in [9.17, 15) is 14.7 Å². The molecule has 0 radical (unpaired) electrons. The Kier molecular flexibility index (Phi) is 5.28. The fourth-order valence-electron chi connectivity index (χ4n) is 2.31. The third kappa shape index (κ3) is 3.89. The highest BCUT2D eigenvalue weighted by Gasteiger charge is 2.13. The third-order valence-corrected chi connectivity index (χ3v) is 4.22. The van der Waals surface area contributed by atoms with Crippen LogP contribution in [-0.2, 0) is 0 Å². The molecular formula is C19H13BrN2O4. The highest BCUT2D eigenvalue weighted by molar-refractivity contribution is 9.10. The minimum Gasteiger partial charge on any atom is -0.478 e. The fourth-order valence-corrected chi connectivity index (χ4v) is 2.78. The molecule has 0 aliphatic carbocycles. The number of nitrogens with zero attached hydrogens (tertiary/aromatic N) is 1. The smallest absolute Gasteiger partial charge is 0.336 e. The number of halogens is 1. The maximum atomic E-state index is 12.1. The van der Waals surface area contributed by atoms with E-state index in [1.165, 1.54) is 12.3 Å². The third-order valence-electron chi connectivity index (χ3n) is 3.53. The van der Waals surface area contributed by atoms with Crippen molar-refractivity contribution in [1.82, 2.24) is 5.43 Å². The molecule has 1 heterocycles. The van der Waals surface area contributed by atoms with Gasteiger partial charge in [0, 0.05) is 10.0 Å². The van der Waals surface area contributed by atoms with Crippen LogP contribution in [0.3, 0.4) is 0 Å². The van der Waals surface area contributed by atoms with Crippen LogP contribution >= 0.6 is 15.9 Å². The van der Waals surface area contributed by atoms with Crippen molar-refractivity contribution >= 4 is 34.0 Å². The number of benzene rings is 2. The van der Waals surface area contributed by atoms with Crippen molar-refractivity contribution in [2.45, 2.75) is 0 Å². The second-order valence-corrected chi connectivity index (χ2v) is 6.09. The largest absolute Gasteiger partial charge is 0.478 e. The van der Waals surface area contributed by atoms with Crippen LogP contribution in [0, 0.1) is 0 Å². The molecule has 7 heteroatoms. The Morgan fingerprint density at radius 2 is 1.69 bits per heavy atom. The van der Waals surface area contributed by atoms with Gasteiger partial charge in [0.25, 0.3) is 5.91 Å². The van der Waals surface area contributed by atoms with Gasteiger partial charge in [0.1, 0.15) is 11.5 Å². The van der Waals surface area contributed by atoms with Gasteiger partial charge in [-0.2, -0.15) is 5.10 Å². The van der Waals surface area contributed by atoms with Gasteiger partial charge in [-0.15, -0.1) is 0 Å². The number of carbonyl (C=O) groups excluding carboxylic acids is 1. The van der Waals surface area contributed by atoms with Crippen molar-refractivity contribution in [3.8, 4) is 11.3 Å². The summed E-state index contributed by atoms with van der Waals surface area (Å²) in [4.78, 5) is 23.3. The molecule has 0 aliphatic heterocycles. The molecule has 3 aromatic rings. The molecule has 6 nitrogen and oxygen atoms in total. The monoisotopic (exact) mass is 412 g/mol. The van der Waals surface area contributed by atoms with E-state index in [2.05, 4.69) is 26.5 Å². The summed E-state index contributed by atoms with van der Waals surface area (Å²) < 4.78 is 6.26. The summed E-state index contributed by atoms with van der Waals surface area (Å²) in [6.45, 7) is 0. The SMILES string of the molecule is O=C(N/N=C/c1ccc(-c2ccccc2C(=O)O)o1)c1ccccc1Br. The summed E-state index contributed by atoms with van der Waals surface area (Å²) in [5.41, 5.74) is 3.49. The van der Waals surface area contributed by atoms with E-state index in [1.807, 2.05) is 6.07 Å². The first-order valence-corrected chi connectivity index (χ1v) is 8.36. The molecule has 1 aromatic heterocycles. The van der Waals surface area contributed by atoms with Gasteiger partial charge in [0.2, 0.25) is 0 Å². The van der Waals surface area contributed by atoms with E-state index >= 15 is 0 Å². The normalized spacial score (nSPS) is 10.8. The van der Waals surface area contributed by atoms with Crippen LogP contribution in [0.4, 0.5) is 0 Å². The summed E-state index contributed by atoms with van der Waals surface area (Å²) in [5, 5.41) is 13.1. The molecule has 3 rings (SSSR count). The lowest BCUT2D eigenvalue weighted by Gasteiger charge is -2.02. The van der Waals surface area contributed by atoms with E-state index in [0.29, 0.717) is 27.1 Å². The van der Waals surface area contributed by atoms with Gasteiger partial charge < -0.3 is 9.52 Å². The van der Waals surface area contributed by atoms with Gasteiger partial charge in [-0.1, -0.05) is 30.3 Å². The zero-order valence-electron chi connectivity index (χ0n) is 13.3. The van der Waals surface area contributed by atoms with Crippen molar-refractivity contribution in [3.05, 3.63) is 82.0 Å². The summed E-state index contributed by atoms with van der Waals surface area (Å²) in [7, 11) is 0. The molecule has 0 saturated heterocycles. The minimum atomic E-state index is -1.03. The maximum absolute atomic E-state index is 12.1. The zero-order chi connectivity index (χ0) is 18.5. The lowest BCUT2D eigenvalue weighted by molar-refractivity contribution is 0.0697. The van der Waals surface area contributed by atoms with E-state index in [4.69, 9.17) is 4.42 Å². The van der Waals surface area contributed by atoms with Crippen molar-refractivity contribution in [2.75, 3.05) is 0 Å². The molecule has 2 N–H and O–H groups in total. The summed E-state index contributed by atoms with van der Waals surface area (Å²) in [6, 6.07) is 16.8. The second kappa shape index (κ2) is 7.79. The van der Waals surface area contributed by atoms with E-state index < -0.39 is 5.97 Å². The van der Waals surface area contributed by atoms with Gasteiger partial charge in [0.05, 0.1) is 17.3 Å². The van der Waals surface area contributed by atoms with Crippen LogP contribution in [0.2, 0.25) is 0 Å². The first kappa shape index (κ1) is 17.6. The maximum Gasteiger partial charge on any atom is 0.336 e. The molecule has 0 aliphatic rings. The molecule has 0 atom stereocenters. The predicted octanol–water partition coefficient (Wildman–Crippen LogP) is 4.17. The first-order valence-electron chi connectivity index (χ1n) is 7.56. The van der Waals surface area contributed by atoms with Crippen LogP contribution < -0.4 is 5.43 Å². The molecule has 2 aromatic carbocycles. The quantitative estimate of drug-likeness (QED) is 0.485. The number of aromatic carboxylic acids is 1. The number of hydrogen-bond acceptors (Lipinski definition) is 4. The average molecular weight is 413 g/mol. The molecule has 0 spiro atoms. The Morgan fingerprint density at radius 3 is 2.42 bits per heavy atom. The highest BCUT2D eigenvalue weighted by Crippen LogP contribution is 2.25. The molecule has 0 unspecified atom stereocenters. The second-order valence-electron chi connectivity index (χ2n) is 5.23. The van der Waals surface area contributed by atoms with Crippen molar-refractivity contribution in [2.24, 2.45) is 5.10 Å². The molecule has 0 bridgehead atoms. The van der Waals surface area contributed by atoms with Gasteiger partial charge in [0.15, 0.2) is 0 Å². The first-order chi connectivity index (χ1) is 12.6. The number of carboxylic acids is 1. The Balaban J connectivity index is 1.73. The zero-order valence-corrected chi connectivity index (χ0v) is 14.9. The van der Waals surface area contributed by atoms with Crippen LogP contribution in [-0.4, -0.2) is 23.2 Å². The number of amides is 1. The minimum absolute atomic E-state index is 0.146. The van der Waals surface area contributed by atoms with E-state index in [0.717, 1.165) is 0 Å². The molecular weight excluding hydrogens is 400 g/mol. The summed E-state index contributed by atoms with van der Waals surface area (Å²) in [6.07, 6.45) is 1.35. The van der Waals surface area contributed by atoms with Gasteiger partial charge in [-0.3, -0.25) is 4.79 Å². The van der Waals surface area contributed by atoms with Crippen LogP contribution in [0.15, 0.2) is 74.7 Å². The van der Waals surface area contributed by atoms with E-state index in [-0.39, 0.29) is 11.5 Å². The Hall–Kier alpha value is -3.19. The molecule has 130 valence electrons. The number of hydrogen-bond donors (Lipinski definition) is 2. The lowest BCUT2D eigenvalue weighted by atomic mass is 10.1. The van der Waals surface area contributed by atoms with Gasteiger partial charge >= 0.3 is 5.97 Å². The highest BCUT2D eigenvalue weighted by atomic mass is 79.9. The van der Waals surface area contributed by atoms with Crippen molar-refractivity contribution in [1.29, 1.82) is 0 Å². The van der Waals surface area contributed by atoms with E-state index in [1.54, 1.807) is 48.5 Å². The molecule has 0 saturated carbocycles. The number of nitrogens with one attached hydrogen (secondary N) is 1. The Labute approximate surface area is 157 Å². The number of rotatable bonds is 5. The fraction of sp³-hybridized carbons (Fsp3) is 0. The topological polar surface area (TPSA) is 91.9 Å². The van der Waals surface area contributed by atoms with Gasteiger partial charge in [-0.05, 0) is 46.3 Å².